The molecule has 6 nitrogen and oxygen atoms in total. The maximum absolute atomic E-state index is 13.2. The Balaban J connectivity index is 1.59. The molecule has 8 atom stereocenters. The van der Waals surface area contributed by atoms with E-state index in [1.807, 2.05) is 13.0 Å². The number of carbonyl (C=O) groups excluding carboxylic acids is 2. The maximum Gasteiger partial charge on any atom is 0.193 e. The minimum absolute atomic E-state index is 0.0127. The Kier molecular flexibility index (Phi) is 6.29. The summed E-state index contributed by atoms with van der Waals surface area (Å²) in [6.45, 7) is 6.27. The first-order chi connectivity index (χ1) is 15.1. The largest absolute Gasteiger partial charge is 0.393 e. The number of Topliss-reactive ketones (excluding diaryl/α,β-unsaturated/α-hetero) is 1. The molecule has 0 heterocycles. The van der Waals surface area contributed by atoms with E-state index in [2.05, 4.69) is 13.8 Å². The van der Waals surface area contributed by atoms with Gasteiger partial charge in [-0.25, -0.2) is 0 Å². The average Bonchev–Trinajstić information content (AvgIpc) is 2.95. The molecule has 4 rings (SSSR count). The smallest absolute Gasteiger partial charge is 0.193 e. The molecule has 4 aliphatic carbocycles. The van der Waals surface area contributed by atoms with E-state index in [1.165, 1.54) is 0 Å². The molecule has 4 aliphatic rings. The SMILES string of the molecule is CCCCCOCC(=O)[C@@]1(O)[C@H](O)C[C@H]2[C@@H]3CCC4=CC(=O)C=C[C@]4(C)[C@H]3[C@@H](O)C[C@@]21C. The van der Waals surface area contributed by atoms with Crippen molar-refractivity contribution in [3.05, 3.63) is 23.8 Å². The molecule has 0 aromatic carbocycles. The van der Waals surface area contributed by atoms with Gasteiger partial charge in [0.25, 0.3) is 0 Å². The molecule has 0 unspecified atom stereocenters. The second-order valence-corrected chi connectivity index (χ2v) is 10.9. The van der Waals surface area contributed by atoms with Gasteiger partial charge in [-0.3, -0.25) is 9.59 Å². The fraction of sp³-hybridized carbons (Fsp3) is 0.769. The summed E-state index contributed by atoms with van der Waals surface area (Å²) < 4.78 is 5.55. The van der Waals surface area contributed by atoms with E-state index in [9.17, 15) is 24.9 Å². The lowest BCUT2D eigenvalue weighted by atomic mass is 9.46. The molecule has 0 radical (unpaired) electrons. The van der Waals surface area contributed by atoms with E-state index < -0.39 is 34.4 Å². The van der Waals surface area contributed by atoms with Crippen molar-refractivity contribution >= 4 is 11.6 Å². The number of rotatable bonds is 7. The van der Waals surface area contributed by atoms with Gasteiger partial charge >= 0.3 is 0 Å². The summed E-state index contributed by atoms with van der Waals surface area (Å²) in [5, 5.41) is 34.0. The highest BCUT2D eigenvalue weighted by Crippen LogP contribution is 2.67. The topological polar surface area (TPSA) is 104 Å². The normalized spacial score (nSPS) is 45.1. The summed E-state index contributed by atoms with van der Waals surface area (Å²) in [7, 11) is 0. The van der Waals surface area contributed by atoms with Crippen LogP contribution < -0.4 is 0 Å². The van der Waals surface area contributed by atoms with Crippen LogP contribution in [0, 0.1) is 28.6 Å². The second kappa shape index (κ2) is 8.46. The number of hydrogen-bond acceptors (Lipinski definition) is 6. The number of aliphatic hydroxyl groups excluding tert-OH is 2. The van der Waals surface area contributed by atoms with E-state index in [4.69, 9.17) is 4.74 Å². The molecule has 0 aromatic heterocycles. The van der Waals surface area contributed by atoms with Crippen LogP contribution in [0.1, 0.15) is 65.7 Å². The van der Waals surface area contributed by atoms with Crippen LogP contribution in [0.25, 0.3) is 0 Å². The third-order valence-corrected chi connectivity index (χ3v) is 9.27. The molecule has 3 saturated carbocycles. The van der Waals surface area contributed by atoms with Crippen LogP contribution >= 0.6 is 0 Å². The van der Waals surface area contributed by atoms with Crippen LogP contribution in [0.3, 0.4) is 0 Å². The van der Waals surface area contributed by atoms with Gasteiger partial charge in [0.2, 0.25) is 0 Å². The standard InChI is InChI=1S/C26H38O6/c1-4-5-6-11-32-15-22(30)26(31)21(29)13-19-18-8-7-16-12-17(27)9-10-24(16,2)23(18)20(28)14-25(19,26)3/h9-10,12,18-21,23,28-29,31H,4-8,11,13-15H2,1-3H3/t18-,19-,20-,21+,23+,24-,25-,26-/m0/s1. The van der Waals surface area contributed by atoms with E-state index in [0.717, 1.165) is 37.7 Å². The molecule has 0 aliphatic heterocycles. The zero-order valence-corrected chi connectivity index (χ0v) is 19.5. The zero-order chi connectivity index (χ0) is 23.3. The van der Waals surface area contributed by atoms with Crippen molar-refractivity contribution < 1.29 is 29.6 Å². The predicted molar refractivity (Wildman–Crippen MR) is 120 cm³/mol. The highest BCUT2D eigenvalue weighted by atomic mass is 16.5. The fourth-order valence-electron chi connectivity index (χ4n) is 7.57. The molecule has 32 heavy (non-hydrogen) atoms. The number of allylic oxidation sites excluding steroid dienone is 4. The molecule has 0 saturated heterocycles. The van der Waals surface area contributed by atoms with Crippen LogP contribution in [0.4, 0.5) is 0 Å². The summed E-state index contributed by atoms with van der Waals surface area (Å²) in [5.74, 6) is -0.654. The van der Waals surface area contributed by atoms with Crippen molar-refractivity contribution in [2.24, 2.45) is 28.6 Å². The molecule has 6 heteroatoms. The van der Waals surface area contributed by atoms with Crippen molar-refractivity contribution in [3.63, 3.8) is 0 Å². The number of fused-ring (bicyclic) bond motifs is 5. The molecule has 0 spiro atoms. The molecular formula is C26H38O6. The quantitative estimate of drug-likeness (QED) is 0.520. The minimum Gasteiger partial charge on any atom is -0.393 e. The predicted octanol–water partition coefficient (Wildman–Crippen LogP) is 2.74. The summed E-state index contributed by atoms with van der Waals surface area (Å²) in [6, 6.07) is 0. The van der Waals surface area contributed by atoms with Gasteiger partial charge in [0, 0.05) is 23.4 Å². The summed E-state index contributed by atoms with van der Waals surface area (Å²) in [4.78, 5) is 25.1. The third-order valence-electron chi connectivity index (χ3n) is 9.27. The lowest BCUT2D eigenvalue weighted by Gasteiger charge is -2.59. The van der Waals surface area contributed by atoms with Gasteiger partial charge in [-0.2, -0.15) is 0 Å². The monoisotopic (exact) mass is 446 g/mol. The number of unbranched alkanes of at least 4 members (excludes halogenated alkanes) is 2. The summed E-state index contributed by atoms with van der Waals surface area (Å²) in [6.07, 6.45) is 8.32. The summed E-state index contributed by atoms with van der Waals surface area (Å²) >= 11 is 0. The van der Waals surface area contributed by atoms with Crippen molar-refractivity contribution in [2.45, 2.75) is 83.5 Å². The number of ketones is 2. The van der Waals surface area contributed by atoms with Crippen molar-refractivity contribution in [2.75, 3.05) is 13.2 Å². The van der Waals surface area contributed by atoms with E-state index >= 15 is 0 Å². The molecule has 0 amide bonds. The molecular weight excluding hydrogens is 408 g/mol. The maximum atomic E-state index is 13.2. The second-order valence-electron chi connectivity index (χ2n) is 10.9. The van der Waals surface area contributed by atoms with E-state index in [1.54, 1.807) is 12.2 Å². The number of ether oxygens (including phenoxy) is 1. The zero-order valence-electron chi connectivity index (χ0n) is 19.5. The first-order valence-electron chi connectivity index (χ1n) is 12.2. The Morgan fingerprint density at radius 1 is 1.25 bits per heavy atom. The van der Waals surface area contributed by atoms with Crippen molar-refractivity contribution in [1.29, 1.82) is 0 Å². The molecule has 0 bridgehead atoms. The van der Waals surface area contributed by atoms with Crippen molar-refractivity contribution in [3.8, 4) is 0 Å². The third kappa shape index (κ3) is 3.37. The molecule has 3 N–H and O–H groups in total. The Morgan fingerprint density at radius 3 is 2.72 bits per heavy atom. The molecule has 0 aromatic rings. The van der Waals surface area contributed by atoms with Gasteiger partial charge in [0.15, 0.2) is 17.2 Å². The van der Waals surface area contributed by atoms with Crippen LogP contribution in [0.2, 0.25) is 0 Å². The Bertz CT molecular complexity index is 832. The molecule has 178 valence electrons. The van der Waals surface area contributed by atoms with Gasteiger partial charge in [-0.05, 0) is 56.1 Å². The van der Waals surface area contributed by atoms with E-state index in [-0.39, 0.29) is 36.6 Å². The van der Waals surface area contributed by atoms with Crippen LogP contribution in [0.15, 0.2) is 23.8 Å². The highest BCUT2D eigenvalue weighted by Gasteiger charge is 2.71. The van der Waals surface area contributed by atoms with Gasteiger partial charge in [0.1, 0.15) is 6.61 Å². The Morgan fingerprint density at radius 2 is 2.00 bits per heavy atom. The molecule has 3 fully saturated rings. The van der Waals surface area contributed by atoms with Gasteiger partial charge in [-0.1, -0.05) is 45.3 Å². The van der Waals surface area contributed by atoms with Gasteiger partial charge in [0.05, 0.1) is 12.2 Å². The van der Waals surface area contributed by atoms with E-state index in [0.29, 0.717) is 13.0 Å². The summed E-state index contributed by atoms with van der Waals surface area (Å²) in [5.41, 5.74) is -2.22. The van der Waals surface area contributed by atoms with Gasteiger partial charge < -0.3 is 20.1 Å². The average molecular weight is 447 g/mol. The van der Waals surface area contributed by atoms with Crippen LogP contribution in [-0.2, 0) is 14.3 Å². The van der Waals surface area contributed by atoms with Gasteiger partial charge in [-0.15, -0.1) is 0 Å². The van der Waals surface area contributed by atoms with Crippen molar-refractivity contribution in [1.82, 2.24) is 0 Å². The van der Waals surface area contributed by atoms with Crippen LogP contribution in [0.5, 0.6) is 0 Å². The Labute approximate surface area is 190 Å². The first-order valence-corrected chi connectivity index (χ1v) is 12.2. The fourth-order valence-corrected chi connectivity index (χ4v) is 7.57. The Hall–Kier alpha value is -1.34. The first kappa shape index (κ1) is 23.8. The lowest BCUT2D eigenvalue weighted by Crippen LogP contribution is -2.63. The number of hydrogen-bond donors (Lipinski definition) is 3. The lowest BCUT2D eigenvalue weighted by molar-refractivity contribution is -0.191. The highest BCUT2D eigenvalue weighted by molar-refractivity contribution is 6.01. The minimum atomic E-state index is -1.93. The number of carbonyl (C=O) groups is 2. The number of aliphatic hydroxyl groups is 3. The van der Waals surface area contributed by atoms with Crippen LogP contribution in [-0.4, -0.2) is 57.9 Å².